The number of aliphatic imine (C=N–C) groups is 1. The van der Waals surface area contributed by atoms with E-state index in [2.05, 4.69) is 4.99 Å². The normalized spacial score (nSPS) is 13.0. The van der Waals surface area contributed by atoms with Crippen LogP contribution in [0.3, 0.4) is 0 Å². The zero-order valence-electron chi connectivity index (χ0n) is 13.3. The fraction of sp³-hybridized carbons (Fsp3) is 0.0500. The summed E-state index contributed by atoms with van der Waals surface area (Å²) >= 11 is 0. The number of aliphatic carboxylic acids is 1. The highest BCUT2D eigenvalue weighted by Gasteiger charge is 2.24. The minimum atomic E-state index is -1.28. The second-order valence-corrected chi connectivity index (χ2v) is 5.33. The van der Waals surface area contributed by atoms with Gasteiger partial charge in [0.05, 0.1) is 11.3 Å². The number of allylic oxidation sites excluding steroid dienone is 2. The number of carboxylic acid groups (broad SMARTS) is 1. The number of hydrogen-bond donors (Lipinski definition) is 1. The molecule has 0 atom stereocenters. The van der Waals surface area contributed by atoms with Gasteiger partial charge in [-0.2, -0.15) is 0 Å². The molecule has 25 heavy (non-hydrogen) atoms. The largest absolute Gasteiger partial charge is 0.476 e. The number of esters is 1. The van der Waals surface area contributed by atoms with Crippen LogP contribution in [0.15, 0.2) is 77.3 Å². The number of hydrogen-bond acceptors (Lipinski definition) is 4. The Kier molecular flexibility index (Phi) is 4.85. The summed E-state index contributed by atoms with van der Waals surface area (Å²) in [7, 11) is 0. The number of carboxylic acids is 1. The minimum absolute atomic E-state index is 0.0597. The highest BCUT2D eigenvalue weighted by atomic mass is 16.5. The van der Waals surface area contributed by atoms with E-state index in [0.717, 1.165) is 11.1 Å². The van der Waals surface area contributed by atoms with E-state index in [4.69, 9.17) is 4.74 Å². The third kappa shape index (κ3) is 3.90. The summed E-state index contributed by atoms with van der Waals surface area (Å²) < 4.78 is 5.25. The number of nitrogens with zero attached hydrogens (tertiary/aromatic N) is 1. The average molecular weight is 333 g/mol. The second kappa shape index (κ2) is 7.40. The van der Waals surface area contributed by atoms with Crippen LogP contribution in [0.1, 0.15) is 11.1 Å². The van der Waals surface area contributed by atoms with Crippen molar-refractivity contribution < 1.29 is 19.4 Å². The van der Waals surface area contributed by atoms with Crippen molar-refractivity contribution in [3.63, 3.8) is 0 Å². The molecule has 5 nitrogen and oxygen atoms in total. The standard InChI is InChI=1S/C20H15NO4/c22-19(23)18-16(20(24)25-13-14-7-2-1-3-8-14)11-6-10-15-9-4-5-12-17(15)21-18/h1-12H,13H2,(H,22,23). The van der Waals surface area contributed by atoms with Crippen molar-refractivity contribution in [3.05, 3.63) is 83.4 Å². The molecule has 0 bridgehead atoms. The Labute approximate surface area is 144 Å². The molecule has 2 aromatic rings. The van der Waals surface area contributed by atoms with E-state index >= 15 is 0 Å². The summed E-state index contributed by atoms with van der Waals surface area (Å²) in [6.45, 7) is 0.0597. The molecule has 0 radical (unpaired) electrons. The molecule has 0 aromatic heterocycles. The number of ether oxygens (including phenoxy) is 1. The third-order valence-corrected chi connectivity index (χ3v) is 3.60. The van der Waals surface area contributed by atoms with Crippen molar-refractivity contribution in [3.8, 4) is 0 Å². The molecule has 1 aliphatic heterocycles. The number of benzene rings is 2. The SMILES string of the molecule is O=C(O)C1=Nc2ccccc2C=CC=C1C(=O)OCc1ccccc1. The monoisotopic (exact) mass is 333 g/mol. The van der Waals surface area contributed by atoms with Crippen LogP contribution in [0.25, 0.3) is 6.08 Å². The summed E-state index contributed by atoms with van der Waals surface area (Å²) in [5, 5.41) is 9.48. The Morgan fingerprint density at radius 3 is 2.48 bits per heavy atom. The number of para-hydroxylation sites is 1. The molecule has 5 heteroatoms. The Morgan fingerprint density at radius 1 is 1.00 bits per heavy atom. The van der Waals surface area contributed by atoms with Crippen molar-refractivity contribution in [2.75, 3.05) is 0 Å². The van der Waals surface area contributed by atoms with Gasteiger partial charge in [-0.3, -0.25) is 0 Å². The van der Waals surface area contributed by atoms with Gasteiger partial charge in [0.1, 0.15) is 6.61 Å². The van der Waals surface area contributed by atoms with E-state index in [-0.39, 0.29) is 17.9 Å². The van der Waals surface area contributed by atoms with Gasteiger partial charge >= 0.3 is 11.9 Å². The molecular formula is C20H15NO4. The smallest absolute Gasteiger partial charge is 0.355 e. The van der Waals surface area contributed by atoms with E-state index in [1.165, 1.54) is 6.08 Å². The van der Waals surface area contributed by atoms with Gasteiger partial charge in [-0.05, 0) is 17.7 Å². The highest BCUT2D eigenvalue weighted by Crippen LogP contribution is 2.24. The molecule has 1 N–H and O–H groups in total. The van der Waals surface area contributed by atoms with Crippen LogP contribution >= 0.6 is 0 Å². The number of carbonyl (C=O) groups excluding carboxylic acids is 1. The molecular weight excluding hydrogens is 318 g/mol. The fourth-order valence-corrected chi connectivity index (χ4v) is 2.37. The summed E-state index contributed by atoms with van der Waals surface area (Å²) in [5.41, 5.74) is 1.65. The van der Waals surface area contributed by atoms with Gasteiger partial charge < -0.3 is 9.84 Å². The molecule has 0 aliphatic carbocycles. The maximum absolute atomic E-state index is 12.4. The van der Waals surface area contributed by atoms with Gasteiger partial charge in [-0.15, -0.1) is 0 Å². The van der Waals surface area contributed by atoms with E-state index in [1.54, 1.807) is 24.3 Å². The van der Waals surface area contributed by atoms with Crippen LogP contribution in [-0.2, 0) is 20.9 Å². The first-order valence-electron chi connectivity index (χ1n) is 7.66. The molecule has 0 saturated carbocycles. The van der Waals surface area contributed by atoms with Crippen LogP contribution in [0.4, 0.5) is 5.69 Å². The Bertz CT molecular complexity index is 895. The number of fused-ring (bicyclic) bond motifs is 1. The van der Waals surface area contributed by atoms with Gasteiger partial charge in [0.2, 0.25) is 0 Å². The van der Waals surface area contributed by atoms with E-state index in [0.29, 0.717) is 5.69 Å². The first kappa shape index (κ1) is 16.4. The quantitative estimate of drug-likeness (QED) is 0.868. The number of rotatable bonds is 4. The van der Waals surface area contributed by atoms with Crippen molar-refractivity contribution in [2.45, 2.75) is 6.61 Å². The average Bonchev–Trinajstić information content (AvgIpc) is 2.61. The van der Waals surface area contributed by atoms with Crippen molar-refractivity contribution in [1.82, 2.24) is 0 Å². The second-order valence-electron chi connectivity index (χ2n) is 5.33. The van der Waals surface area contributed by atoms with Gasteiger partial charge in [-0.25, -0.2) is 14.6 Å². The Balaban J connectivity index is 1.89. The third-order valence-electron chi connectivity index (χ3n) is 3.60. The molecule has 2 aromatic carbocycles. The van der Waals surface area contributed by atoms with Gasteiger partial charge in [0.25, 0.3) is 0 Å². The molecule has 3 rings (SSSR count). The Hall–Kier alpha value is -3.47. The van der Waals surface area contributed by atoms with E-state index in [1.807, 2.05) is 42.5 Å². The molecule has 0 spiro atoms. The molecule has 0 amide bonds. The molecule has 124 valence electrons. The van der Waals surface area contributed by atoms with Crippen molar-refractivity contribution >= 4 is 29.4 Å². The number of carbonyl (C=O) groups is 2. The first-order chi connectivity index (χ1) is 12.1. The first-order valence-corrected chi connectivity index (χ1v) is 7.66. The van der Waals surface area contributed by atoms with Crippen LogP contribution in [-0.4, -0.2) is 22.8 Å². The lowest BCUT2D eigenvalue weighted by atomic mass is 10.1. The minimum Gasteiger partial charge on any atom is -0.476 e. The zero-order valence-corrected chi connectivity index (χ0v) is 13.3. The van der Waals surface area contributed by atoms with Crippen LogP contribution in [0.5, 0.6) is 0 Å². The van der Waals surface area contributed by atoms with Crippen LogP contribution in [0.2, 0.25) is 0 Å². The van der Waals surface area contributed by atoms with Crippen LogP contribution < -0.4 is 0 Å². The van der Waals surface area contributed by atoms with E-state index < -0.39 is 11.9 Å². The van der Waals surface area contributed by atoms with E-state index in [9.17, 15) is 14.7 Å². The zero-order chi connectivity index (χ0) is 17.6. The maximum Gasteiger partial charge on any atom is 0.355 e. The summed E-state index contributed by atoms with van der Waals surface area (Å²) in [6, 6.07) is 16.3. The predicted octanol–water partition coefficient (Wildman–Crippen LogP) is 3.54. The summed E-state index contributed by atoms with van der Waals surface area (Å²) in [4.78, 5) is 28.2. The topological polar surface area (TPSA) is 76.0 Å². The van der Waals surface area contributed by atoms with Gasteiger partial charge in [-0.1, -0.05) is 60.7 Å². The molecule has 0 saturated heterocycles. The molecule has 0 unspecified atom stereocenters. The van der Waals surface area contributed by atoms with Crippen molar-refractivity contribution in [1.29, 1.82) is 0 Å². The molecule has 1 heterocycles. The molecule has 1 aliphatic rings. The lowest BCUT2D eigenvalue weighted by Gasteiger charge is -2.11. The lowest BCUT2D eigenvalue weighted by molar-refractivity contribution is -0.140. The van der Waals surface area contributed by atoms with Gasteiger partial charge in [0.15, 0.2) is 5.71 Å². The van der Waals surface area contributed by atoms with Gasteiger partial charge in [0, 0.05) is 5.56 Å². The fourth-order valence-electron chi connectivity index (χ4n) is 2.37. The van der Waals surface area contributed by atoms with Crippen LogP contribution in [0, 0.1) is 0 Å². The lowest BCUT2D eigenvalue weighted by Crippen LogP contribution is -2.23. The predicted molar refractivity (Wildman–Crippen MR) is 94.5 cm³/mol. The molecule has 0 fully saturated rings. The summed E-state index contributed by atoms with van der Waals surface area (Å²) in [6.07, 6.45) is 4.80. The summed E-state index contributed by atoms with van der Waals surface area (Å²) in [5.74, 6) is -2.01. The Morgan fingerprint density at radius 2 is 1.72 bits per heavy atom. The maximum atomic E-state index is 12.4. The van der Waals surface area contributed by atoms with Crippen molar-refractivity contribution in [2.24, 2.45) is 4.99 Å². The highest BCUT2D eigenvalue weighted by molar-refractivity contribution is 6.49.